The summed E-state index contributed by atoms with van der Waals surface area (Å²) in [5, 5.41) is 2.63. The molecule has 3 N–H and O–H groups in total. The number of nitrogens with two attached hydrogens (primary N) is 1. The summed E-state index contributed by atoms with van der Waals surface area (Å²) in [6.07, 6.45) is 3.39. The van der Waals surface area contributed by atoms with Crippen molar-refractivity contribution >= 4 is 22.6 Å². The Morgan fingerprint density at radius 2 is 2.05 bits per heavy atom. The van der Waals surface area contributed by atoms with E-state index in [1.165, 1.54) is 0 Å². The van der Waals surface area contributed by atoms with Gasteiger partial charge in [-0.05, 0) is 24.3 Å². The van der Waals surface area contributed by atoms with Crippen LogP contribution >= 0.6 is 0 Å². The number of nitrogens with zero attached hydrogens (tertiary/aromatic N) is 3. The summed E-state index contributed by atoms with van der Waals surface area (Å²) in [6.45, 7) is 0.189. The minimum Gasteiger partial charge on any atom is -0.397 e. The topological polar surface area (TPSA) is 85.8 Å². The molecule has 6 nitrogen and oxygen atoms in total. The van der Waals surface area contributed by atoms with Crippen LogP contribution in [-0.2, 0) is 11.3 Å². The van der Waals surface area contributed by atoms with Gasteiger partial charge in [0.2, 0.25) is 5.91 Å². The average molecular weight is 281 g/mol. The Morgan fingerprint density at radius 3 is 2.76 bits per heavy atom. The lowest BCUT2D eigenvalue weighted by molar-refractivity contribution is -0.121. The van der Waals surface area contributed by atoms with Crippen LogP contribution in [0, 0.1) is 0 Å². The largest absolute Gasteiger partial charge is 0.397 e. The molecule has 0 saturated heterocycles. The molecule has 0 bridgehead atoms. The molecule has 1 aromatic carbocycles. The van der Waals surface area contributed by atoms with Crippen LogP contribution in [0.4, 0.5) is 5.69 Å². The van der Waals surface area contributed by atoms with Crippen LogP contribution in [0.1, 0.15) is 0 Å². The van der Waals surface area contributed by atoms with Crippen LogP contribution in [0.2, 0.25) is 0 Å². The fourth-order valence-corrected chi connectivity index (χ4v) is 2.27. The number of likely N-dealkylation sites (N-methyl/N-ethyl adjacent to an activating group) is 1. The summed E-state index contributed by atoms with van der Waals surface area (Å²) in [5.74, 6) is 0.612. The van der Waals surface area contributed by atoms with Gasteiger partial charge in [-0.25, -0.2) is 4.98 Å². The smallest absolute Gasteiger partial charge is 0.239 e. The molecule has 0 radical (unpaired) electrons. The first kappa shape index (κ1) is 13.1. The fourth-order valence-electron chi connectivity index (χ4n) is 2.27. The normalized spacial score (nSPS) is 10.7. The van der Waals surface area contributed by atoms with Gasteiger partial charge in [-0.2, -0.15) is 0 Å². The lowest BCUT2D eigenvalue weighted by Crippen LogP contribution is -2.23. The number of fused-ring (bicyclic) bond motifs is 1. The second kappa shape index (κ2) is 5.24. The van der Waals surface area contributed by atoms with E-state index in [0.29, 0.717) is 17.0 Å². The number of nitrogen functional groups attached to an aromatic ring is 1. The number of pyridine rings is 1. The number of para-hydroxylation sites is 1. The highest BCUT2D eigenvalue weighted by Crippen LogP contribution is 2.27. The van der Waals surface area contributed by atoms with E-state index >= 15 is 0 Å². The number of hydrogen-bond acceptors (Lipinski definition) is 4. The molecule has 0 aliphatic carbocycles. The second-order valence-electron chi connectivity index (χ2n) is 4.65. The Hall–Kier alpha value is -2.89. The lowest BCUT2D eigenvalue weighted by atomic mass is 10.2. The number of benzene rings is 1. The first-order valence-corrected chi connectivity index (χ1v) is 6.56. The van der Waals surface area contributed by atoms with E-state index in [2.05, 4.69) is 15.3 Å². The number of carbonyl (C=O) groups is 1. The molecule has 106 valence electrons. The second-order valence-corrected chi connectivity index (χ2v) is 4.65. The Balaban J connectivity index is 2.25. The molecule has 0 spiro atoms. The third-order valence-corrected chi connectivity index (χ3v) is 3.33. The molecule has 0 atom stereocenters. The number of aromatic nitrogens is 3. The van der Waals surface area contributed by atoms with Gasteiger partial charge in [-0.3, -0.25) is 9.78 Å². The van der Waals surface area contributed by atoms with Crippen molar-refractivity contribution in [3.63, 3.8) is 0 Å². The van der Waals surface area contributed by atoms with E-state index < -0.39 is 0 Å². The van der Waals surface area contributed by atoms with Gasteiger partial charge >= 0.3 is 0 Å². The zero-order valence-electron chi connectivity index (χ0n) is 11.6. The molecule has 0 aliphatic heterocycles. The fraction of sp³-hybridized carbons (Fsp3) is 0.133. The Morgan fingerprint density at radius 1 is 1.29 bits per heavy atom. The highest BCUT2D eigenvalue weighted by atomic mass is 16.1. The van der Waals surface area contributed by atoms with Crippen LogP contribution in [0.25, 0.3) is 22.4 Å². The van der Waals surface area contributed by atoms with Gasteiger partial charge < -0.3 is 15.6 Å². The van der Waals surface area contributed by atoms with Crippen molar-refractivity contribution in [3.05, 3.63) is 42.7 Å². The quantitative estimate of drug-likeness (QED) is 0.711. The van der Waals surface area contributed by atoms with E-state index in [1.807, 2.05) is 28.8 Å². The third-order valence-electron chi connectivity index (χ3n) is 3.33. The van der Waals surface area contributed by atoms with Crippen molar-refractivity contribution in [2.24, 2.45) is 0 Å². The summed E-state index contributed by atoms with van der Waals surface area (Å²) in [5.41, 5.74) is 9.02. The predicted molar refractivity (Wildman–Crippen MR) is 81.4 cm³/mol. The molecular formula is C15H15N5O. The van der Waals surface area contributed by atoms with E-state index in [4.69, 9.17) is 5.73 Å². The zero-order valence-corrected chi connectivity index (χ0v) is 11.6. The Labute approximate surface area is 121 Å². The molecular weight excluding hydrogens is 266 g/mol. The molecule has 0 fully saturated rings. The molecule has 6 heteroatoms. The van der Waals surface area contributed by atoms with Crippen molar-refractivity contribution in [2.75, 3.05) is 12.8 Å². The number of hydrogen-bond donors (Lipinski definition) is 2. The molecule has 0 unspecified atom stereocenters. The van der Waals surface area contributed by atoms with Gasteiger partial charge in [0.15, 0.2) is 0 Å². The summed E-state index contributed by atoms with van der Waals surface area (Å²) < 4.78 is 1.86. The van der Waals surface area contributed by atoms with Gasteiger partial charge in [0.05, 0.1) is 11.2 Å². The van der Waals surface area contributed by atoms with E-state index in [-0.39, 0.29) is 12.5 Å². The Kier molecular flexibility index (Phi) is 3.27. The number of nitrogens with one attached hydrogen (secondary N) is 1. The molecule has 2 aromatic heterocycles. The molecule has 1 amide bonds. The van der Waals surface area contributed by atoms with Gasteiger partial charge in [0.1, 0.15) is 17.9 Å². The first-order valence-electron chi connectivity index (χ1n) is 6.56. The van der Waals surface area contributed by atoms with Crippen molar-refractivity contribution < 1.29 is 4.79 Å². The van der Waals surface area contributed by atoms with E-state index in [0.717, 1.165) is 11.1 Å². The van der Waals surface area contributed by atoms with Crippen LogP contribution < -0.4 is 11.1 Å². The minimum absolute atomic E-state index is 0.0907. The van der Waals surface area contributed by atoms with Gasteiger partial charge in [-0.15, -0.1) is 0 Å². The SMILES string of the molecule is CNC(=O)Cn1c(-c2ccncc2)nc2c(N)cccc21. The maximum Gasteiger partial charge on any atom is 0.239 e. The van der Waals surface area contributed by atoms with Crippen molar-refractivity contribution in [1.29, 1.82) is 0 Å². The average Bonchev–Trinajstić information content (AvgIpc) is 2.88. The molecule has 21 heavy (non-hydrogen) atoms. The van der Waals surface area contributed by atoms with Crippen molar-refractivity contribution in [3.8, 4) is 11.4 Å². The summed E-state index contributed by atoms with van der Waals surface area (Å²) in [4.78, 5) is 20.4. The van der Waals surface area contributed by atoms with Crippen LogP contribution in [0.15, 0.2) is 42.7 Å². The predicted octanol–water partition coefficient (Wildman–Crippen LogP) is 1.43. The highest BCUT2D eigenvalue weighted by Gasteiger charge is 2.15. The van der Waals surface area contributed by atoms with Crippen molar-refractivity contribution in [2.45, 2.75) is 6.54 Å². The summed E-state index contributed by atoms with van der Waals surface area (Å²) in [6, 6.07) is 9.29. The maximum atomic E-state index is 11.8. The molecule has 0 aliphatic rings. The van der Waals surface area contributed by atoms with E-state index in [1.54, 1.807) is 25.5 Å². The number of amides is 1. The molecule has 0 saturated carbocycles. The minimum atomic E-state index is -0.0907. The van der Waals surface area contributed by atoms with Crippen LogP contribution in [0.3, 0.4) is 0 Å². The first-order chi connectivity index (χ1) is 10.2. The van der Waals surface area contributed by atoms with Crippen LogP contribution in [0.5, 0.6) is 0 Å². The monoisotopic (exact) mass is 281 g/mol. The zero-order chi connectivity index (χ0) is 14.8. The highest BCUT2D eigenvalue weighted by molar-refractivity contribution is 5.91. The molecule has 3 rings (SSSR count). The van der Waals surface area contributed by atoms with Gasteiger partial charge in [0.25, 0.3) is 0 Å². The van der Waals surface area contributed by atoms with Crippen molar-refractivity contribution in [1.82, 2.24) is 19.9 Å². The standard InChI is InChI=1S/C15H15N5O/c1-17-13(21)9-20-12-4-2-3-11(16)14(12)19-15(20)10-5-7-18-8-6-10/h2-8H,9,16H2,1H3,(H,17,21). The van der Waals surface area contributed by atoms with Gasteiger partial charge in [0, 0.05) is 25.0 Å². The molecule has 2 heterocycles. The summed E-state index contributed by atoms with van der Waals surface area (Å²) in [7, 11) is 1.61. The number of rotatable bonds is 3. The number of imidazole rings is 1. The molecule has 3 aromatic rings. The van der Waals surface area contributed by atoms with E-state index in [9.17, 15) is 4.79 Å². The summed E-state index contributed by atoms with van der Waals surface area (Å²) >= 11 is 0. The third kappa shape index (κ3) is 2.31. The van der Waals surface area contributed by atoms with Gasteiger partial charge in [-0.1, -0.05) is 6.07 Å². The lowest BCUT2D eigenvalue weighted by Gasteiger charge is -2.08. The Bertz CT molecular complexity index is 794. The maximum absolute atomic E-state index is 11.8. The number of carbonyl (C=O) groups excluding carboxylic acids is 1. The van der Waals surface area contributed by atoms with Crippen LogP contribution in [-0.4, -0.2) is 27.5 Å². The number of anilines is 1.